The van der Waals surface area contributed by atoms with Gasteiger partial charge in [0, 0.05) is 42.7 Å². The number of rotatable bonds is 6. The van der Waals surface area contributed by atoms with E-state index in [1.165, 1.54) is 5.56 Å². The van der Waals surface area contributed by atoms with Crippen molar-refractivity contribution in [3.05, 3.63) is 65.2 Å². The van der Waals surface area contributed by atoms with Crippen LogP contribution in [0, 0.1) is 5.92 Å². The molecule has 1 saturated heterocycles. The number of halogens is 1. The molecule has 3 N–H and O–H groups in total. The van der Waals surface area contributed by atoms with Crippen molar-refractivity contribution in [1.82, 2.24) is 4.90 Å². The molecular formula is C20H24ClN3O. The standard InChI is InChI=1S/C20H24ClN3O/c21-17-7-4-8-18(11-17)23-20(25)9-10-24-13-16(12-22)19(14-24)15-5-2-1-3-6-15/h1-8,11,16,19H,9-10,12-14,22H2,(H,23,25)/t16-,19+/m1/s1. The lowest BCUT2D eigenvalue weighted by Gasteiger charge is -2.16. The van der Waals surface area contributed by atoms with Crippen LogP contribution in [0.25, 0.3) is 0 Å². The molecule has 132 valence electrons. The molecule has 0 radical (unpaired) electrons. The molecule has 2 atom stereocenters. The van der Waals surface area contributed by atoms with Crippen LogP contribution in [-0.4, -0.2) is 37.0 Å². The summed E-state index contributed by atoms with van der Waals surface area (Å²) in [6.07, 6.45) is 0.464. The van der Waals surface area contributed by atoms with Crippen LogP contribution in [0.4, 0.5) is 5.69 Å². The molecule has 0 bridgehead atoms. The Morgan fingerprint density at radius 1 is 1.16 bits per heavy atom. The van der Waals surface area contributed by atoms with Crippen LogP contribution >= 0.6 is 11.6 Å². The highest BCUT2D eigenvalue weighted by atomic mass is 35.5. The van der Waals surface area contributed by atoms with Crippen LogP contribution in [-0.2, 0) is 4.79 Å². The molecule has 4 nitrogen and oxygen atoms in total. The van der Waals surface area contributed by atoms with Crippen molar-refractivity contribution in [3.63, 3.8) is 0 Å². The average molecular weight is 358 g/mol. The van der Waals surface area contributed by atoms with E-state index in [0.717, 1.165) is 25.3 Å². The summed E-state index contributed by atoms with van der Waals surface area (Å²) in [5.41, 5.74) is 8.05. The monoisotopic (exact) mass is 357 g/mol. The van der Waals surface area contributed by atoms with E-state index in [1.807, 2.05) is 18.2 Å². The summed E-state index contributed by atoms with van der Waals surface area (Å²) < 4.78 is 0. The maximum Gasteiger partial charge on any atom is 0.225 e. The van der Waals surface area contributed by atoms with Crippen LogP contribution in [0.5, 0.6) is 0 Å². The van der Waals surface area contributed by atoms with E-state index in [0.29, 0.717) is 29.8 Å². The summed E-state index contributed by atoms with van der Waals surface area (Å²) in [6.45, 7) is 3.31. The minimum absolute atomic E-state index is 0.00901. The number of nitrogens with one attached hydrogen (secondary N) is 1. The molecule has 3 rings (SSSR count). The molecule has 5 heteroatoms. The Balaban J connectivity index is 1.52. The Bertz CT molecular complexity index is 707. The van der Waals surface area contributed by atoms with Crippen molar-refractivity contribution in [1.29, 1.82) is 0 Å². The summed E-state index contributed by atoms with van der Waals surface area (Å²) in [6, 6.07) is 17.7. The zero-order valence-corrected chi connectivity index (χ0v) is 15.0. The average Bonchev–Trinajstić information content (AvgIpc) is 3.04. The van der Waals surface area contributed by atoms with Crippen LogP contribution in [0.3, 0.4) is 0 Å². The van der Waals surface area contributed by atoms with Gasteiger partial charge in [-0.05, 0) is 36.2 Å². The number of amides is 1. The number of likely N-dealkylation sites (tertiary alicyclic amines) is 1. The third-order valence-corrected chi connectivity index (χ3v) is 5.05. The van der Waals surface area contributed by atoms with Gasteiger partial charge in [0.2, 0.25) is 5.91 Å². The van der Waals surface area contributed by atoms with Gasteiger partial charge < -0.3 is 16.0 Å². The van der Waals surface area contributed by atoms with Crippen molar-refractivity contribution >= 4 is 23.2 Å². The Hall–Kier alpha value is -1.88. The Kier molecular flexibility index (Phi) is 6.08. The lowest BCUT2D eigenvalue weighted by molar-refractivity contribution is -0.116. The largest absolute Gasteiger partial charge is 0.330 e. The second kappa shape index (κ2) is 8.48. The summed E-state index contributed by atoms with van der Waals surface area (Å²) in [7, 11) is 0. The second-order valence-corrected chi connectivity index (χ2v) is 7.02. The first-order valence-corrected chi connectivity index (χ1v) is 9.06. The summed E-state index contributed by atoms with van der Waals surface area (Å²) in [4.78, 5) is 14.5. The van der Waals surface area contributed by atoms with Crippen molar-refractivity contribution in [2.75, 3.05) is 31.5 Å². The molecule has 1 fully saturated rings. The maximum atomic E-state index is 12.2. The van der Waals surface area contributed by atoms with Crippen LogP contribution < -0.4 is 11.1 Å². The molecule has 0 aliphatic carbocycles. The quantitative estimate of drug-likeness (QED) is 0.833. The summed E-state index contributed by atoms with van der Waals surface area (Å²) in [5, 5.41) is 3.52. The van der Waals surface area contributed by atoms with E-state index in [4.69, 9.17) is 17.3 Å². The predicted molar refractivity (Wildman–Crippen MR) is 103 cm³/mol. The highest BCUT2D eigenvalue weighted by Crippen LogP contribution is 2.31. The van der Waals surface area contributed by atoms with Gasteiger partial charge in [-0.1, -0.05) is 48.0 Å². The Morgan fingerprint density at radius 3 is 2.68 bits per heavy atom. The van der Waals surface area contributed by atoms with Gasteiger partial charge in [0.15, 0.2) is 0 Å². The fraction of sp³-hybridized carbons (Fsp3) is 0.350. The molecule has 1 amide bonds. The normalized spacial score (nSPS) is 20.6. The van der Waals surface area contributed by atoms with Crippen LogP contribution in [0.1, 0.15) is 17.9 Å². The third-order valence-electron chi connectivity index (χ3n) is 4.81. The Labute approximate surface area is 154 Å². The molecule has 25 heavy (non-hydrogen) atoms. The SMILES string of the molecule is NC[C@@H]1CN(CCC(=O)Nc2cccc(Cl)c2)C[C@H]1c1ccccc1. The number of benzene rings is 2. The highest BCUT2D eigenvalue weighted by Gasteiger charge is 2.32. The van der Waals surface area contributed by atoms with Crippen molar-refractivity contribution < 1.29 is 4.79 Å². The number of nitrogens with two attached hydrogens (primary N) is 1. The lowest BCUT2D eigenvalue weighted by Crippen LogP contribution is -2.27. The number of hydrogen-bond acceptors (Lipinski definition) is 3. The van der Waals surface area contributed by atoms with E-state index in [2.05, 4.69) is 34.5 Å². The second-order valence-electron chi connectivity index (χ2n) is 6.58. The van der Waals surface area contributed by atoms with Gasteiger partial charge >= 0.3 is 0 Å². The number of nitrogens with zero attached hydrogens (tertiary/aromatic N) is 1. The fourth-order valence-electron chi connectivity index (χ4n) is 3.51. The zero-order valence-electron chi connectivity index (χ0n) is 14.2. The van der Waals surface area contributed by atoms with Crippen molar-refractivity contribution in [2.24, 2.45) is 11.7 Å². The molecule has 0 aromatic heterocycles. The van der Waals surface area contributed by atoms with Gasteiger partial charge in [0.05, 0.1) is 0 Å². The first-order chi connectivity index (χ1) is 12.2. The van der Waals surface area contributed by atoms with Gasteiger partial charge in [-0.3, -0.25) is 4.79 Å². The summed E-state index contributed by atoms with van der Waals surface area (Å²) in [5.74, 6) is 0.898. The van der Waals surface area contributed by atoms with E-state index < -0.39 is 0 Å². The first-order valence-electron chi connectivity index (χ1n) is 8.68. The van der Waals surface area contributed by atoms with Gasteiger partial charge in [-0.15, -0.1) is 0 Å². The molecular weight excluding hydrogens is 334 g/mol. The molecule has 1 heterocycles. The molecule has 1 aliphatic rings. The highest BCUT2D eigenvalue weighted by molar-refractivity contribution is 6.30. The van der Waals surface area contributed by atoms with E-state index in [1.54, 1.807) is 12.1 Å². The zero-order chi connectivity index (χ0) is 17.6. The minimum atomic E-state index is 0.00901. The smallest absolute Gasteiger partial charge is 0.225 e. The number of anilines is 1. The molecule has 2 aromatic carbocycles. The number of carbonyl (C=O) groups is 1. The predicted octanol–water partition coefficient (Wildman–Crippen LogP) is 3.34. The van der Waals surface area contributed by atoms with Crippen LogP contribution in [0.15, 0.2) is 54.6 Å². The maximum absolute atomic E-state index is 12.2. The molecule has 0 unspecified atom stereocenters. The first kappa shape index (κ1) is 17.9. The Morgan fingerprint density at radius 2 is 1.96 bits per heavy atom. The molecule has 1 aliphatic heterocycles. The van der Waals surface area contributed by atoms with Crippen molar-refractivity contribution in [2.45, 2.75) is 12.3 Å². The number of hydrogen-bond donors (Lipinski definition) is 2. The minimum Gasteiger partial charge on any atom is -0.330 e. The van der Waals surface area contributed by atoms with Gasteiger partial charge in [-0.2, -0.15) is 0 Å². The number of carbonyl (C=O) groups excluding carboxylic acids is 1. The van der Waals surface area contributed by atoms with Crippen molar-refractivity contribution in [3.8, 4) is 0 Å². The topological polar surface area (TPSA) is 58.4 Å². The van der Waals surface area contributed by atoms with Gasteiger partial charge in [0.25, 0.3) is 0 Å². The van der Waals surface area contributed by atoms with E-state index >= 15 is 0 Å². The molecule has 0 spiro atoms. The fourth-order valence-corrected chi connectivity index (χ4v) is 3.70. The van der Waals surface area contributed by atoms with Gasteiger partial charge in [0.1, 0.15) is 0 Å². The molecule has 0 saturated carbocycles. The van der Waals surface area contributed by atoms with Crippen LogP contribution in [0.2, 0.25) is 5.02 Å². The van der Waals surface area contributed by atoms with E-state index in [9.17, 15) is 4.79 Å². The molecule has 2 aromatic rings. The van der Waals surface area contributed by atoms with Gasteiger partial charge in [-0.25, -0.2) is 0 Å². The lowest BCUT2D eigenvalue weighted by atomic mass is 9.89. The van der Waals surface area contributed by atoms with E-state index in [-0.39, 0.29) is 5.91 Å². The third kappa shape index (κ3) is 4.82. The summed E-state index contributed by atoms with van der Waals surface area (Å²) >= 11 is 5.94.